The molecule has 0 unspecified atom stereocenters. The topological polar surface area (TPSA) is 37.9 Å². The van der Waals surface area contributed by atoms with Crippen LogP contribution in [-0.2, 0) is 0 Å². The summed E-state index contributed by atoms with van der Waals surface area (Å²) in [4.78, 5) is 10.2. The van der Waals surface area contributed by atoms with E-state index in [0.717, 1.165) is 42.9 Å². The van der Waals surface area contributed by atoms with Gasteiger partial charge in [0.2, 0.25) is 0 Å². The number of benzene rings is 2. The van der Waals surface area contributed by atoms with Crippen molar-refractivity contribution in [2.75, 3.05) is 0 Å². The third kappa shape index (κ3) is 3.97. The summed E-state index contributed by atoms with van der Waals surface area (Å²) in [6, 6.07) is 20.1. The highest BCUT2D eigenvalue weighted by atomic mass is 35.5. The van der Waals surface area contributed by atoms with E-state index >= 15 is 0 Å². The number of nitrogens with one attached hydrogen (secondary N) is 1. The fourth-order valence-electron chi connectivity index (χ4n) is 2.90. The molecule has 0 aliphatic carbocycles. The number of nitrogens with zero attached hydrogens (tertiary/aromatic N) is 1. The first-order valence-corrected chi connectivity index (χ1v) is 9.97. The maximum atomic E-state index is 6.03. The second-order valence-corrected chi connectivity index (χ2v) is 8.00. The third-order valence-corrected chi connectivity index (χ3v) is 5.46. The molecule has 0 amide bonds. The zero-order valence-corrected chi connectivity index (χ0v) is 16.6. The minimum atomic E-state index is 0.157. The van der Waals surface area contributed by atoms with Gasteiger partial charge in [-0.1, -0.05) is 23.4 Å². The van der Waals surface area contributed by atoms with Crippen molar-refractivity contribution >= 4 is 34.4 Å². The number of fused-ring (bicyclic) bond motifs is 1. The van der Waals surface area contributed by atoms with Crippen LogP contribution in [0.15, 0.2) is 76.7 Å². The molecule has 0 saturated heterocycles. The zero-order chi connectivity index (χ0) is 18.8. The van der Waals surface area contributed by atoms with Gasteiger partial charge in [0, 0.05) is 26.4 Å². The van der Waals surface area contributed by atoms with Gasteiger partial charge in [-0.15, -0.1) is 0 Å². The minimum absolute atomic E-state index is 0.157. The normalized spacial score (nSPS) is 11.3. The van der Waals surface area contributed by atoms with Crippen LogP contribution in [0.3, 0.4) is 0 Å². The summed E-state index contributed by atoms with van der Waals surface area (Å²) in [5, 5.41) is 1.84. The molecule has 3 nitrogen and oxygen atoms in total. The summed E-state index contributed by atoms with van der Waals surface area (Å²) >= 11 is 7.74. The predicted octanol–water partition coefficient (Wildman–Crippen LogP) is 6.82. The van der Waals surface area contributed by atoms with Gasteiger partial charge in [-0.25, -0.2) is 4.98 Å². The van der Waals surface area contributed by atoms with Crippen molar-refractivity contribution in [3.63, 3.8) is 0 Å². The number of H-pyrrole nitrogens is 1. The Balaban J connectivity index is 1.76. The van der Waals surface area contributed by atoms with Crippen LogP contribution in [0.25, 0.3) is 22.3 Å². The first kappa shape index (κ1) is 18.0. The molecule has 27 heavy (non-hydrogen) atoms. The van der Waals surface area contributed by atoms with E-state index in [-0.39, 0.29) is 6.10 Å². The van der Waals surface area contributed by atoms with Gasteiger partial charge < -0.3 is 9.72 Å². The SMILES string of the molecule is CC(C)Oc1ccc(-c2[nH]c3ncccc3c2Sc2ccc(Cl)cc2)cc1. The first-order chi connectivity index (χ1) is 13.1. The second-order valence-electron chi connectivity index (χ2n) is 6.48. The van der Waals surface area contributed by atoms with Crippen molar-refractivity contribution in [1.82, 2.24) is 9.97 Å². The summed E-state index contributed by atoms with van der Waals surface area (Å²) in [5.74, 6) is 0.870. The molecule has 4 aromatic rings. The van der Waals surface area contributed by atoms with Crippen LogP contribution in [-0.4, -0.2) is 16.1 Å². The highest BCUT2D eigenvalue weighted by Crippen LogP contribution is 2.41. The van der Waals surface area contributed by atoms with E-state index in [0.29, 0.717) is 0 Å². The maximum absolute atomic E-state index is 6.03. The molecule has 136 valence electrons. The molecule has 0 radical (unpaired) electrons. The molecule has 0 fully saturated rings. The lowest BCUT2D eigenvalue weighted by Crippen LogP contribution is -2.05. The number of ether oxygens (including phenoxy) is 1. The van der Waals surface area contributed by atoms with Crippen molar-refractivity contribution in [3.8, 4) is 17.0 Å². The summed E-state index contributed by atoms with van der Waals surface area (Å²) < 4.78 is 5.76. The lowest BCUT2D eigenvalue weighted by Gasteiger charge is -2.10. The molecular formula is C22H19ClN2OS. The molecule has 5 heteroatoms. The van der Waals surface area contributed by atoms with Crippen molar-refractivity contribution < 1.29 is 4.74 Å². The van der Waals surface area contributed by atoms with Gasteiger partial charge >= 0.3 is 0 Å². The molecule has 4 rings (SSSR count). The summed E-state index contributed by atoms with van der Waals surface area (Å²) in [5.41, 5.74) is 3.03. The molecule has 0 aliphatic heterocycles. The van der Waals surface area contributed by atoms with Gasteiger partial charge in [0.05, 0.1) is 11.8 Å². The van der Waals surface area contributed by atoms with E-state index in [1.54, 1.807) is 18.0 Å². The molecule has 1 N–H and O–H groups in total. The van der Waals surface area contributed by atoms with Crippen molar-refractivity contribution in [2.45, 2.75) is 29.7 Å². The molecule has 0 saturated carbocycles. The smallest absolute Gasteiger partial charge is 0.138 e. The summed E-state index contributed by atoms with van der Waals surface area (Å²) in [7, 11) is 0. The van der Waals surface area contributed by atoms with Crippen molar-refractivity contribution in [3.05, 3.63) is 71.9 Å². The molecule has 2 aromatic heterocycles. The number of aromatic nitrogens is 2. The molecule has 0 bridgehead atoms. The first-order valence-electron chi connectivity index (χ1n) is 8.77. The van der Waals surface area contributed by atoms with Gasteiger partial charge in [0.1, 0.15) is 11.4 Å². The standard InChI is InChI=1S/C22H19ClN2OS/c1-14(2)26-17-9-5-15(6-10-17)20-21(19-4-3-13-24-22(19)25-20)27-18-11-7-16(23)8-12-18/h3-14H,1-2H3,(H,24,25). The fraction of sp³-hybridized carbons (Fsp3) is 0.136. The molecule has 0 aliphatic rings. The Morgan fingerprint density at radius 3 is 2.44 bits per heavy atom. The zero-order valence-electron chi connectivity index (χ0n) is 15.1. The van der Waals surface area contributed by atoms with Crippen LogP contribution in [0.2, 0.25) is 5.02 Å². The van der Waals surface area contributed by atoms with Crippen LogP contribution in [0.1, 0.15) is 13.8 Å². The Bertz CT molecular complexity index is 1060. The monoisotopic (exact) mass is 394 g/mol. The Kier molecular flexibility index (Phi) is 5.10. The van der Waals surface area contributed by atoms with Crippen LogP contribution >= 0.6 is 23.4 Å². The molecule has 2 heterocycles. The number of hydrogen-bond acceptors (Lipinski definition) is 3. The van der Waals surface area contributed by atoms with Gasteiger partial charge in [-0.05, 0) is 80.1 Å². The van der Waals surface area contributed by atoms with E-state index in [2.05, 4.69) is 28.2 Å². The van der Waals surface area contributed by atoms with Crippen molar-refractivity contribution in [2.24, 2.45) is 0 Å². The van der Waals surface area contributed by atoms with E-state index in [9.17, 15) is 0 Å². The number of rotatable bonds is 5. The van der Waals surface area contributed by atoms with Crippen LogP contribution in [0.4, 0.5) is 0 Å². The summed E-state index contributed by atoms with van der Waals surface area (Å²) in [6.07, 6.45) is 1.96. The highest BCUT2D eigenvalue weighted by molar-refractivity contribution is 7.99. The lowest BCUT2D eigenvalue weighted by molar-refractivity contribution is 0.242. The Morgan fingerprint density at radius 2 is 1.74 bits per heavy atom. The molecule has 0 spiro atoms. The average molecular weight is 395 g/mol. The Hall–Kier alpha value is -2.43. The minimum Gasteiger partial charge on any atom is -0.491 e. The Labute approximate surface area is 167 Å². The van der Waals surface area contributed by atoms with Gasteiger partial charge in [0.25, 0.3) is 0 Å². The number of aromatic amines is 1. The lowest BCUT2D eigenvalue weighted by atomic mass is 10.1. The van der Waals surface area contributed by atoms with Crippen LogP contribution < -0.4 is 4.74 Å². The Morgan fingerprint density at radius 1 is 1.00 bits per heavy atom. The average Bonchev–Trinajstić information content (AvgIpc) is 3.02. The van der Waals surface area contributed by atoms with E-state index < -0.39 is 0 Å². The summed E-state index contributed by atoms with van der Waals surface area (Å²) in [6.45, 7) is 4.05. The highest BCUT2D eigenvalue weighted by Gasteiger charge is 2.15. The van der Waals surface area contributed by atoms with E-state index in [1.807, 2.05) is 56.3 Å². The van der Waals surface area contributed by atoms with Gasteiger partial charge in [0.15, 0.2) is 0 Å². The van der Waals surface area contributed by atoms with Crippen LogP contribution in [0, 0.1) is 0 Å². The number of hydrogen-bond donors (Lipinski definition) is 1. The quantitative estimate of drug-likeness (QED) is 0.403. The van der Waals surface area contributed by atoms with Crippen molar-refractivity contribution in [1.29, 1.82) is 0 Å². The maximum Gasteiger partial charge on any atom is 0.138 e. The largest absolute Gasteiger partial charge is 0.491 e. The molecule has 2 aromatic carbocycles. The fourth-order valence-corrected chi connectivity index (χ4v) is 4.08. The van der Waals surface area contributed by atoms with E-state index in [1.165, 1.54) is 0 Å². The molecular weight excluding hydrogens is 376 g/mol. The third-order valence-electron chi connectivity index (χ3n) is 4.07. The number of pyridine rings is 1. The number of halogens is 1. The van der Waals surface area contributed by atoms with Crippen LogP contribution in [0.5, 0.6) is 5.75 Å². The van der Waals surface area contributed by atoms with Gasteiger partial charge in [-0.2, -0.15) is 0 Å². The van der Waals surface area contributed by atoms with Gasteiger partial charge in [-0.3, -0.25) is 0 Å². The van der Waals surface area contributed by atoms with E-state index in [4.69, 9.17) is 16.3 Å². The predicted molar refractivity (Wildman–Crippen MR) is 113 cm³/mol. The second kappa shape index (κ2) is 7.67. The molecule has 0 atom stereocenters.